The third kappa shape index (κ3) is 4.76. The number of aryl methyl sites for hydroxylation is 1. The second-order valence-electron chi connectivity index (χ2n) is 6.34. The summed E-state index contributed by atoms with van der Waals surface area (Å²) < 4.78 is 51.0. The molecule has 29 heavy (non-hydrogen) atoms. The Labute approximate surface area is 169 Å². The molecule has 0 amide bonds. The summed E-state index contributed by atoms with van der Waals surface area (Å²) in [4.78, 5) is 13.7. The van der Waals surface area contributed by atoms with Crippen molar-refractivity contribution in [2.24, 2.45) is 0 Å². The zero-order valence-electron chi connectivity index (χ0n) is 15.3. The Morgan fingerprint density at radius 2 is 1.97 bits per heavy atom. The summed E-state index contributed by atoms with van der Waals surface area (Å²) in [5.41, 5.74) is 0.723. The van der Waals surface area contributed by atoms with Crippen molar-refractivity contribution < 1.29 is 32.5 Å². The van der Waals surface area contributed by atoms with Crippen molar-refractivity contribution in [3.05, 3.63) is 52.7 Å². The van der Waals surface area contributed by atoms with Gasteiger partial charge in [0.2, 0.25) is 0 Å². The lowest BCUT2D eigenvalue weighted by atomic mass is 10.1. The molecule has 0 atom stereocenters. The van der Waals surface area contributed by atoms with Gasteiger partial charge in [0.1, 0.15) is 17.1 Å². The predicted octanol–water partition coefficient (Wildman–Crippen LogP) is 6.05. The molecule has 0 bridgehead atoms. The van der Waals surface area contributed by atoms with Gasteiger partial charge in [-0.25, -0.2) is 4.79 Å². The summed E-state index contributed by atoms with van der Waals surface area (Å²) in [5, 5.41) is 9.16. The molecule has 0 fully saturated rings. The number of hydrogen-bond acceptors (Lipinski definition) is 3. The number of carboxylic acids is 1. The fourth-order valence-electron chi connectivity index (χ4n) is 2.93. The van der Waals surface area contributed by atoms with E-state index in [9.17, 15) is 18.0 Å². The summed E-state index contributed by atoms with van der Waals surface area (Å²) in [7, 11) is 0. The fourth-order valence-corrected chi connectivity index (χ4v) is 3.17. The van der Waals surface area contributed by atoms with Gasteiger partial charge in [-0.2, -0.15) is 13.2 Å². The number of aromatic amines is 1. The first-order chi connectivity index (χ1) is 13.7. The molecule has 2 N–H and O–H groups in total. The molecule has 5 nitrogen and oxygen atoms in total. The lowest BCUT2D eigenvalue weighted by molar-refractivity contribution is -0.139. The maximum absolute atomic E-state index is 13.6. The molecular formula is C20H17ClF3NO4. The number of aromatic nitrogens is 1. The molecule has 1 aromatic heterocycles. The van der Waals surface area contributed by atoms with Crippen molar-refractivity contribution in [3.63, 3.8) is 0 Å². The Hall–Kier alpha value is -2.87. The van der Waals surface area contributed by atoms with Crippen LogP contribution in [-0.4, -0.2) is 22.7 Å². The van der Waals surface area contributed by atoms with E-state index in [0.717, 1.165) is 35.4 Å². The standard InChI is InChI=1S/C20H17ClF3NO4/c1-2-3-11-9-25-17-5-4-12(6-14(11)17)29-19-15(20(22,23)24)7-13(8-16(19)21)28-10-18(26)27/h4-9,25H,2-3,10H2,1H3,(H,26,27). The molecular weight excluding hydrogens is 411 g/mol. The largest absolute Gasteiger partial charge is 0.482 e. The third-order valence-corrected chi connectivity index (χ3v) is 4.44. The SMILES string of the molecule is CCCc1c[nH]c2ccc(Oc3c(Cl)cc(OCC(=O)O)cc3C(F)(F)F)cc12. The van der Waals surface area contributed by atoms with E-state index in [1.807, 2.05) is 13.1 Å². The zero-order chi connectivity index (χ0) is 21.2. The first kappa shape index (κ1) is 20.9. The Morgan fingerprint density at radius 3 is 2.62 bits per heavy atom. The van der Waals surface area contributed by atoms with Gasteiger partial charge < -0.3 is 19.6 Å². The van der Waals surface area contributed by atoms with Crippen LogP contribution in [0.5, 0.6) is 17.2 Å². The Bertz CT molecular complexity index is 1050. The first-order valence-electron chi connectivity index (χ1n) is 8.72. The molecule has 3 rings (SSSR count). The molecule has 154 valence electrons. The summed E-state index contributed by atoms with van der Waals surface area (Å²) in [6.07, 6.45) is -1.19. The van der Waals surface area contributed by atoms with Gasteiger partial charge >= 0.3 is 12.1 Å². The molecule has 0 spiro atoms. The number of fused-ring (bicyclic) bond motifs is 1. The number of H-pyrrole nitrogens is 1. The predicted molar refractivity (Wildman–Crippen MR) is 102 cm³/mol. The van der Waals surface area contributed by atoms with Crippen LogP contribution in [0.2, 0.25) is 5.02 Å². The molecule has 3 aromatic rings. The van der Waals surface area contributed by atoms with Crippen LogP contribution in [0.1, 0.15) is 24.5 Å². The minimum Gasteiger partial charge on any atom is -0.482 e. The van der Waals surface area contributed by atoms with Crippen LogP contribution in [0.15, 0.2) is 36.5 Å². The number of ether oxygens (including phenoxy) is 2. The van der Waals surface area contributed by atoms with Crippen molar-refractivity contribution in [1.82, 2.24) is 4.98 Å². The first-order valence-corrected chi connectivity index (χ1v) is 9.10. The summed E-state index contributed by atoms with van der Waals surface area (Å²) >= 11 is 6.03. The number of halogens is 4. The normalized spacial score (nSPS) is 11.6. The molecule has 0 aliphatic heterocycles. The topological polar surface area (TPSA) is 71.5 Å². The lowest BCUT2D eigenvalue weighted by Gasteiger charge is -2.17. The summed E-state index contributed by atoms with van der Waals surface area (Å²) in [6, 6.07) is 6.67. The molecule has 0 unspecified atom stereocenters. The van der Waals surface area contributed by atoms with E-state index in [1.165, 1.54) is 0 Å². The fraction of sp³-hybridized carbons (Fsp3) is 0.250. The van der Waals surface area contributed by atoms with Gasteiger partial charge in [0.15, 0.2) is 12.4 Å². The maximum atomic E-state index is 13.6. The molecule has 0 aliphatic rings. The Morgan fingerprint density at radius 1 is 1.21 bits per heavy atom. The minimum atomic E-state index is -4.78. The number of rotatable bonds is 7. The minimum absolute atomic E-state index is 0.195. The number of nitrogens with one attached hydrogen (secondary N) is 1. The van der Waals surface area contributed by atoms with Crippen molar-refractivity contribution in [2.45, 2.75) is 25.9 Å². The average Bonchev–Trinajstić information content (AvgIpc) is 3.03. The van der Waals surface area contributed by atoms with Gasteiger partial charge in [-0.3, -0.25) is 0 Å². The van der Waals surface area contributed by atoms with Crippen LogP contribution in [0.3, 0.4) is 0 Å². The van der Waals surface area contributed by atoms with Gasteiger partial charge in [-0.15, -0.1) is 0 Å². The lowest BCUT2D eigenvalue weighted by Crippen LogP contribution is -2.12. The highest BCUT2D eigenvalue weighted by Crippen LogP contribution is 2.45. The van der Waals surface area contributed by atoms with Gasteiger partial charge in [0.25, 0.3) is 0 Å². The zero-order valence-corrected chi connectivity index (χ0v) is 16.0. The van der Waals surface area contributed by atoms with E-state index in [4.69, 9.17) is 26.2 Å². The van der Waals surface area contributed by atoms with Crippen LogP contribution >= 0.6 is 11.6 Å². The molecule has 1 heterocycles. The van der Waals surface area contributed by atoms with Crippen LogP contribution in [0.4, 0.5) is 13.2 Å². The van der Waals surface area contributed by atoms with Crippen molar-refractivity contribution >= 4 is 28.5 Å². The summed E-state index contributed by atoms with van der Waals surface area (Å²) in [6.45, 7) is 1.24. The Kier molecular flexibility index (Phi) is 5.93. The highest BCUT2D eigenvalue weighted by Gasteiger charge is 2.36. The number of hydrogen-bond donors (Lipinski definition) is 2. The molecule has 0 saturated carbocycles. The van der Waals surface area contributed by atoms with Crippen LogP contribution in [-0.2, 0) is 17.4 Å². The number of alkyl halides is 3. The molecule has 0 saturated heterocycles. The van der Waals surface area contributed by atoms with E-state index in [-0.39, 0.29) is 16.5 Å². The smallest absolute Gasteiger partial charge is 0.420 e. The quantitative estimate of drug-likeness (QED) is 0.481. The van der Waals surface area contributed by atoms with Crippen LogP contribution in [0.25, 0.3) is 10.9 Å². The van der Waals surface area contributed by atoms with E-state index >= 15 is 0 Å². The highest BCUT2D eigenvalue weighted by atomic mass is 35.5. The third-order valence-electron chi connectivity index (χ3n) is 4.16. The number of aliphatic carboxylic acids is 1. The second-order valence-corrected chi connectivity index (χ2v) is 6.74. The monoisotopic (exact) mass is 427 g/mol. The van der Waals surface area contributed by atoms with E-state index < -0.39 is 30.1 Å². The summed E-state index contributed by atoms with van der Waals surface area (Å²) in [5.74, 6) is -2.02. The van der Waals surface area contributed by atoms with E-state index in [0.29, 0.717) is 6.07 Å². The van der Waals surface area contributed by atoms with E-state index in [2.05, 4.69) is 4.98 Å². The molecule has 9 heteroatoms. The van der Waals surface area contributed by atoms with Gasteiger partial charge in [0.05, 0.1) is 5.02 Å². The van der Waals surface area contributed by atoms with Crippen LogP contribution in [0, 0.1) is 0 Å². The van der Waals surface area contributed by atoms with Gasteiger partial charge in [0, 0.05) is 23.2 Å². The van der Waals surface area contributed by atoms with Crippen LogP contribution < -0.4 is 9.47 Å². The highest BCUT2D eigenvalue weighted by molar-refractivity contribution is 6.32. The number of carbonyl (C=O) groups is 1. The molecule has 0 aliphatic carbocycles. The van der Waals surface area contributed by atoms with Gasteiger partial charge in [-0.1, -0.05) is 24.9 Å². The molecule has 0 radical (unpaired) electrons. The molecule has 2 aromatic carbocycles. The van der Waals surface area contributed by atoms with Crippen molar-refractivity contribution in [1.29, 1.82) is 0 Å². The average molecular weight is 428 g/mol. The second kappa shape index (κ2) is 8.24. The van der Waals surface area contributed by atoms with Gasteiger partial charge in [-0.05, 0) is 36.2 Å². The van der Waals surface area contributed by atoms with Crippen molar-refractivity contribution in [3.8, 4) is 17.2 Å². The Balaban J connectivity index is 2.00. The van der Waals surface area contributed by atoms with Crippen molar-refractivity contribution in [2.75, 3.05) is 6.61 Å². The maximum Gasteiger partial charge on any atom is 0.420 e. The number of carboxylic acid groups (broad SMARTS) is 1. The van der Waals surface area contributed by atoms with E-state index in [1.54, 1.807) is 18.2 Å². The number of benzene rings is 2.